The van der Waals surface area contributed by atoms with Gasteiger partial charge < -0.3 is 0 Å². The van der Waals surface area contributed by atoms with E-state index in [9.17, 15) is 4.39 Å². The summed E-state index contributed by atoms with van der Waals surface area (Å²) in [5, 5.41) is 9.20. The number of benzene rings is 1. The molecule has 0 spiro atoms. The third-order valence-corrected chi connectivity index (χ3v) is 3.19. The number of hydrogen-bond acceptors (Lipinski definition) is 2. The SMILES string of the molecule is N#CCc1ccc(F)c(-c2cccc(Cl)c2Cl)n1. The fraction of sp³-hybridized carbons (Fsp3) is 0.0769. The lowest BCUT2D eigenvalue weighted by Gasteiger charge is -2.07. The van der Waals surface area contributed by atoms with Crippen LogP contribution in [0.2, 0.25) is 10.0 Å². The van der Waals surface area contributed by atoms with Crippen molar-refractivity contribution in [2.75, 3.05) is 0 Å². The van der Waals surface area contributed by atoms with Crippen LogP contribution in [0.3, 0.4) is 0 Å². The van der Waals surface area contributed by atoms with Gasteiger partial charge in [0.25, 0.3) is 0 Å². The lowest BCUT2D eigenvalue weighted by Crippen LogP contribution is -1.95. The molecule has 5 heteroatoms. The van der Waals surface area contributed by atoms with Gasteiger partial charge in [-0.2, -0.15) is 5.26 Å². The first-order valence-electron chi connectivity index (χ1n) is 5.10. The van der Waals surface area contributed by atoms with Crippen molar-refractivity contribution in [2.24, 2.45) is 0 Å². The number of pyridine rings is 1. The van der Waals surface area contributed by atoms with Crippen LogP contribution in [-0.4, -0.2) is 4.98 Å². The van der Waals surface area contributed by atoms with Crippen molar-refractivity contribution in [3.8, 4) is 17.3 Å². The van der Waals surface area contributed by atoms with Crippen LogP contribution in [0.25, 0.3) is 11.3 Å². The monoisotopic (exact) mass is 280 g/mol. The average Bonchev–Trinajstić information content (AvgIpc) is 2.36. The Balaban J connectivity index is 2.60. The highest BCUT2D eigenvalue weighted by Gasteiger charge is 2.13. The normalized spacial score (nSPS) is 10.1. The zero-order valence-electron chi connectivity index (χ0n) is 9.12. The maximum Gasteiger partial charge on any atom is 0.149 e. The van der Waals surface area contributed by atoms with E-state index < -0.39 is 5.82 Å². The first-order chi connectivity index (χ1) is 8.63. The molecule has 0 saturated heterocycles. The quantitative estimate of drug-likeness (QED) is 0.824. The van der Waals surface area contributed by atoms with E-state index in [1.54, 1.807) is 18.2 Å². The van der Waals surface area contributed by atoms with Crippen molar-refractivity contribution in [2.45, 2.75) is 6.42 Å². The van der Waals surface area contributed by atoms with Crippen LogP contribution in [-0.2, 0) is 6.42 Å². The van der Waals surface area contributed by atoms with Crippen molar-refractivity contribution in [1.82, 2.24) is 4.98 Å². The Morgan fingerprint density at radius 1 is 1.22 bits per heavy atom. The Morgan fingerprint density at radius 2 is 2.00 bits per heavy atom. The first kappa shape index (κ1) is 12.8. The van der Waals surface area contributed by atoms with Gasteiger partial charge in [0.2, 0.25) is 0 Å². The van der Waals surface area contributed by atoms with E-state index in [0.29, 0.717) is 16.3 Å². The summed E-state index contributed by atoms with van der Waals surface area (Å²) in [6.07, 6.45) is 0.117. The molecule has 0 radical (unpaired) electrons. The molecule has 2 rings (SSSR count). The molecule has 1 aromatic heterocycles. The fourth-order valence-corrected chi connectivity index (χ4v) is 1.93. The van der Waals surface area contributed by atoms with Crippen molar-refractivity contribution in [3.05, 3.63) is 51.9 Å². The Bertz CT molecular complexity index is 635. The van der Waals surface area contributed by atoms with Crippen molar-refractivity contribution in [3.63, 3.8) is 0 Å². The number of nitrogens with zero attached hydrogens (tertiary/aromatic N) is 2. The summed E-state index contributed by atoms with van der Waals surface area (Å²) in [5.74, 6) is -0.499. The molecule has 18 heavy (non-hydrogen) atoms. The van der Waals surface area contributed by atoms with Crippen LogP contribution in [0.1, 0.15) is 5.69 Å². The Labute approximate surface area is 114 Å². The van der Waals surface area contributed by atoms with Crippen LogP contribution in [0.4, 0.5) is 4.39 Å². The van der Waals surface area contributed by atoms with Gasteiger partial charge in [-0.15, -0.1) is 0 Å². The van der Waals surface area contributed by atoms with E-state index in [0.717, 1.165) is 0 Å². The first-order valence-corrected chi connectivity index (χ1v) is 5.86. The molecular weight excluding hydrogens is 274 g/mol. The lowest BCUT2D eigenvalue weighted by atomic mass is 10.1. The summed E-state index contributed by atoms with van der Waals surface area (Å²) in [4.78, 5) is 4.09. The van der Waals surface area contributed by atoms with Gasteiger partial charge in [0.1, 0.15) is 11.5 Å². The number of rotatable bonds is 2. The molecule has 1 aromatic carbocycles. The smallest absolute Gasteiger partial charge is 0.149 e. The van der Waals surface area contributed by atoms with E-state index in [1.165, 1.54) is 12.1 Å². The van der Waals surface area contributed by atoms with Gasteiger partial charge >= 0.3 is 0 Å². The summed E-state index contributed by atoms with van der Waals surface area (Å²) in [6, 6.07) is 9.63. The highest BCUT2D eigenvalue weighted by Crippen LogP contribution is 2.33. The number of nitriles is 1. The van der Waals surface area contributed by atoms with Crippen LogP contribution in [0.15, 0.2) is 30.3 Å². The van der Waals surface area contributed by atoms with Gasteiger partial charge in [-0.1, -0.05) is 35.3 Å². The molecular formula is C13H7Cl2FN2. The number of hydrogen-bond donors (Lipinski definition) is 0. The highest BCUT2D eigenvalue weighted by atomic mass is 35.5. The van der Waals surface area contributed by atoms with Crippen LogP contribution >= 0.6 is 23.2 Å². The molecule has 90 valence electrons. The molecule has 0 aliphatic rings. The zero-order chi connectivity index (χ0) is 13.1. The van der Waals surface area contributed by atoms with Crippen LogP contribution in [0, 0.1) is 17.1 Å². The minimum Gasteiger partial charge on any atom is -0.249 e. The van der Waals surface area contributed by atoms with E-state index in [1.807, 2.05) is 6.07 Å². The van der Waals surface area contributed by atoms with Gasteiger partial charge in [-0.05, 0) is 18.2 Å². The second-order valence-electron chi connectivity index (χ2n) is 3.57. The molecule has 0 bridgehead atoms. The largest absolute Gasteiger partial charge is 0.249 e. The maximum atomic E-state index is 13.8. The zero-order valence-corrected chi connectivity index (χ0v) is 10.6. The maximum absolute atomic E-state index is 13.8. The predicted octanol–water partition coefficient (Wildman–Crippen LogP) is 4.26. The van der Waals surface area contributed by atoms with Crippen LogP contribution in [0.5, 0.6) is 0 Å². The standard InChI is InChI=1S/C13H7Cl2FN2/c14-10-3-1-2-9(12(10)15)13-11(16)5-4-8(18-13)6-7-17/h1-5H,6H2. The molecule has 0 aliphatic heterocycles. The average molecular weight is 281 g/mol. The summed E-state index contributed by atoms with van der Waals surface area (Å²) >= 11 is 11.9. The summed E-state index contributed by atoms with van der Waals surface area (Å²) in [5.41, 5.74) is 1.02. The third-order valence-electron chi connectivity index (χ3n) is 2.37. The van der Waals surface area contributed by atoms with Gasteiger partial charge in [0, 0.05) is 5.56 Å². The van der Waals surface area contributed by atoms with E-state index in [-0.39, 0.29) is 17.1 Å². The highest BCUT2D eigenvalue weighted by molar-refractivity contribution is 6.43. The molecule has 0 atom stereocenters. The molecule has 2 nitrogen and oxygen atoms in total. The second-order valence-corrected chi connectivity index (χ2v) is 4.35. The molecule has 2 aromatic rings. The third kappa shape index (κ3) is 2.45. The van der Waals surface area contributed by atoms with E-state index >= 15 is 0 Å². The summed E-state index contributed by atoms with van der Waals surface area (Å²) in [6.45, 7) is 0. The van der Waals surface area contributed by atoms with E-state index in [2.05, 4.69) is 4.98 Å². The minimum absolute atomic E-state index is 0.107. The number of aromatic nitrogens is 1. The summed E-state index contributed by atoms with van der Waals surface area (Å²) in [7, 11) is 0. The van der Waals surface area contributed by atoms with Gasteiger partial charge in [0.05, 0.1) is 28.2 Å². The van der Waals surface area contributed by atoms with Gasteiger partial charge in [-0.3, -0.25) is 0 Å². The van der Waals surface area contributed by atoms with Crippen molar-refractivity contribution >= 4 is 23.2 Å². The fourth-order valence-electron chi connectivity index (χ4n) is 1.54. The molecule has 0 saturated carbocycles. The lowest BCUT2D eigenvalue weighted by molar-refractivity contribution is 0.624. The second kappa shape index (κ2) is 5.34. The summed E-state index contributed by atoms with van der Waals surface area (Å²) < 4.78 is 13.8. The van der Waals surface area contributed by atoms with Gasteiger partial charge in [0.15, 0.2) is 0 Å². The van der Waals surface area contributed by atoms with Crippen molar-refractivity contribution in [1.29, 1.82) is 5.26 Å². The minimum atomic E-state index is -0.499. The topological polar surface area (TPSA) is 36.7 Å². The molecule has 0 N–H and O–H groups in total. The predicted molar refractivity (Wildman–Crippen MR) is 69.0 cm³/mol. The molecule has 0 aliphatic carbocycles. The molecule has 0 unspecified atom stereocenters. The molecule has 1 heterocycles. The van der Waals surface area contributed by atoms with Crippen molar-refractivity contribution < 1.29 is 4.39 Å². The van der Waals surface area contributed by atoms with Crippen LogP contribution < -0.4 is 0 Å². The Hall–Kier alpha value is -1.63. The Kier molecular flexibility index (Phi) is 3.81. The van der Waals surface area contributed by atoms with Gasteiger partial charge in [-0.25, -0.2) is 9.37 Å². The molecule has 0 fully saturated rings. The molecule has 0 amide bonds. The van der Waals surface area contributed by atoms with E-state index in [4.69, 9.17) is 28.5 Å². The number of halogens is 3. The Morgan fingerprint density at radius 3 is 2.72 bits per heavy atom.